The summed E-state index contributed by atoms with van der Waals surface area (Å²) in [6, 6.07) is 14.2. The number of para-hydroxylation sites is 2. The Labute approximate surface area is 161 Å². The summed E-state index contributed by atoms with van der Waals surface area (Å²) in [6.07, 6.45) is 3.09. The Bertz CT molecular complexity index is 892. The van der Waals surface area contributed by atoms with Crippen molar-refractivity contribution in [2.75, 3.05) is 18.8 Å². The predicted molar refractivity (Wildman–Crippen MR) is 104 cm³/mol. The number of aromatic nitrogens is 1. The Morgan fingerprint density at radius 2 is 2.00 bits per heavy atom. The van der Waals surface area contributed by atoms with E-state index in [2.05, 4.69) is 4.98 Å². The van der Waals surface area contributed by atoms with Crippen LogP contribution >= 0.6 is 11.8 Å². The van der Waals surface area contributed by atoms with E-state index in [1.165, 1.54) is 23.9 Å². The lowest BCUT2D eigenvalue weighted by Gasteiger charge is -2.24. The summed E-state index contributed by atoms with van der Waals surface area (Å²) in [5.41, 5.74) is 2.64. The number of hydrogen-bond acceptors (Lipinski definition) is 4. The number of halogens is 1. The monoisotopic (exact) mass is 384 g/mol. The number of oxazole rings is 1. The second-order valence-electron chi connectivity index (χ2n) is 6.82. The van der Waals surface area contributed by atoms with Gasteiger partial charge in [-0.2, -0.15) is 0 Å². The lowest BCUT2D eigenvalue weighted by molar-refractivity contribution is -0.128. The van der Waals surface area contributed by atoms with Crippen molar-refractivity contribution in [2.24, 2.45) is 0 Å². The van der Waals surface area contributed by atoms with E-state index in [1.54, 1.807) is 0 Å². The zero-order valence-electron chi connectivity index (χ0n) is 14.9. The minimum Gasteiger partial charge on any atom is -0.431 e. The molecular formula is C21H21FN2O2S. The summed E-state index contributed by atoms with van der Waals surface area (Å²) in [4.78, 5) is 19.1. The molecule has 1 aliphatic heterocycles. The van der Waals surface area contributed by atoms with Crippen molar-refractivity contribution in [2.45, 2.75) is 30.4 Å². The summed E-state index contributed by atoms with van der Waals surface area (Å²) < 4.78 is 18.9. The number of likely N-dealkylation sites (tertiary alicyclic amines) is 1. The van der Waals surface area contributed by atoms with Gasteiger partial charge >= 0.3 is 0 Å². The van der Waals surface area contributed by atoms with Gasteiger partial charge in [0, 0.05) is 19.0 Å². The van der Waals surface area contributed by atoms with Crippen molar-refractivity contribution in [3.05, 3.63) is 59.9 Å². The van der Waals surface area contributed by atoms with Gasteiger partial charge in [-0.05, 0) is 42.7 Å². The largest absolute Gasteiger partial charge is 0.431 e. The van der Waals surface area contributed by atoms with Gasteiger partial charge in [0.15, 0.2) is 5.58 Å². The number of carbonyl (C=O) groups excluding carboxylic acids is 1. The first kappa shape index (κ1) is 18.0. The van der Waals surface area contributed by atoms with E-state index in [0.29, 0.717) is 17.5 Å². The van der Waals surface area contributed by atoms with Crippen molar-refractivity contribution >= 4 is 28.8 Å². The van der Waals surface area contributed by atoms with Gasteiger partial charge in [-0.1, -0.05) is 42.4 Å². The fourth-order valence-corrected chi connectivity index (χ4v) is 4.24. The summed E-state index contributed by atoms with van der Waals surface area (Å²) in [5.74, 6) is 0.431. The van der Waals surface area contributed by atoms with Crippen LogP contribution in [-0.4, -0.2) is 34.6 Å². The summed E-state index contributed by atoms with van der Waals surface area (Å²) in [7, 11) is 0. The summed E-state index contributed by atoms with van der Waals surface area (Å²) >= 11 is 1.34. The van der Waals surface area contributed by atoms with Gasteiger partial charge in [0.05, 0.1) is 5.75 Å². The molecule has 140 valence electrons. The maximum Gasteiger partial charge on any atom is 0.257 e. The Morgan fingerprint density at radius 3 is 2.81 bits per heavy atom. The topological polar surface area (TPSA) is 46.3 Å². The van der Waals surface area contributed by atoms with Crippen LogP contribution in [0.25, 0.3) is 11.1 Å². The van der Waals surface area contributed by atoms with Gasteiger partial charge in [-0.3, -0.25) is 4.79 Å². The number of amides is 1. The molecule has 0 saturated carbocycles. The van der Waals surface area contributed by atoms with E-state index in [9.17, 15) is 9.18 Å². The third kappa shape index (κ3) is 4.33. The molecule has 1 aromatic heterocycles. The van der Waals surface area contributed by atoms with Crippen LogP contribution in [0.3, 0.4) is 0 Å². The molecule has 4 nitrogen and oxygen atoms in total. The van der Waals surface area contributed by atoms with E-state index >= 15 is 0 Å². The molecule has 1 amide bonds. The van der Waals surface area contributed by atoms with Crippen LogP contribution in [0, 0.1) is 5.82 Å². The van der Waals surface area contributed by atoms with Gasteiger partial charge in [0.25, 0.3) is 5.22 Å². The molecule has 0 radical (unpaired) electrons. The Morgan fingerprint density at radius 1 is 1.19 bits per heavy atom. The molecule has 1 fully saturated rings. The first-order valence-corrected chi connectivity index (χ1v) is 10.2. The zero-order valence-corrected chi connectivity index (χ0v) is 15.8. The maximum absolute atomic E-state index is 13.2. The Balaban J connectivity index is 1.40. The van der Waals surface area contributed by atoms with Gasteiger partial charge < -0.3 is 9.32 Å². The lowest BCUT2D eigenvalue weighted by atomic mass is 9.94. The van der Waals surface area contributed by atoms with Gasteiger partial charge in [0.2, 0.25) is 5.91 Å². The molecule has 27 heavy (non-hydrogen) atoms. The smallest absolute Gasteiger partial charge is 0.257 e. The average Bonchev–Trinajstić information content (AvgIpc) is 2.94. The number of hydrogen-bond donors (Lipinski definition) is 0. The van der Waals surface area contributed by atoms with Gasteiger partial charge in [-0.25, -0.2) is 9.37 Å². The van der Waals surface area contributed by atoms with Crippen LogP contribution in [0.1, 0.15) is 30.7 Å². The number of benzene rings is 2. The number of thioether (sulfide) groups is 1. The summed E-state index contributed by atoms with van der Waals surface area (Å²) in [5, 5.41) is 0.523. The van der Waals surface area contributed by atoms with Crippen LogP contribution in [0.15, 0.2) is 58.2 Å². The van der Waals surface area contributed by atoms with Crippen LogP contribution in [0.4, 0.5) is 4.39 Å². The SMILES string of the molecule is O=C(CSc1nc2ccccc2o1)N1CCCC[C@H](c2ccc(F)cc2)C1. The average molecular weight is 384 g/mol. The first-order chi connectivity index (χ1) is 13.2. The van der Waals surface area contributed by atoms with Crippen LogP contribution in [0.5, 0.6) is 0 Å². The van der Waals surface area contributed by atoms with E-state index in [4.69, 9.17) is 4.42 Å². The second-order valence-corrected chi connectivity index (χ2v) is 7.75. The fraction of sp³-hybridized carbons (Fsp3) is 0.333. The molecule has 1 atom stereocenters. The lowest BCUT2D eigenvalue weighted by Crippen LogP contribution is -2.35. The molecule has 1 saturated heterocycles. The molecule has 2 heterocycles. The molecule has 0 unspecified atom stereocenters. The number of carbonyl (C=O) groups is 1. The van der Waals surface area contributed by atoms with Crippen molar-refractivity contribution in [3.63, 3.8) is 0 Å². The molecule has 6 heteroatoms. The van der Waals surface area contributed by atoms with Crippen molar-refractivity contribution < 1.29 is 13.6 Å². The van der Waals surface area contributed by atoms with Gasteiger partial charge in [-0.15, -0.1) is 0 Å². The first-order valence-electron chi connectivity index (χ1n) is 9.20. The molecule has 0 bridgehead atoms. The molecule has 1 aliphatic rings. The highest BCUT2D eigenvalue weighted by Crippen LogP contribution is 2.28. The third-order valence-electron chi connectivity index (χ3n) is 4.96. The number of fused-ring (bicyclic) bond motifs is 1. The van der Waals surface area contributed by atoms with E-state index < -0.39 is 0 Å². The molecule has 2 aromatic carbocycles. The zero-order chi connectivity index (χ0) is 18.6. The predicted octanol–water partition coefficient (Wildman–Crippen LogP) is 4.86. The Kier molecular flexibility index (Phi) is 5.43. The normalized spacial score (nSPS) is 17.8. The summed E-state index contributed by atoms with van der Waals surface area (Å²) in [6.45, 7) is 1.45. The van der Waals surface area contributed by atoms with Crippen molar-refractivity contribution in [3.8, 4) is 0 Å². The van der Waals surface area contributed by atoms with E-state index in [0.717, 1.165) is 42.5 Å². The molecule has 4 rings (SSSR count). The van der Waals surface area contributed by atoms with Crippen molar-refractivity contribution in [1.82, 2.24) is 9.88 Å². The minimum atomic E-state index is -0.227. The molecule has 0 N–H and O–H groups in total. The highest BCUT2D eigenvalue weighted by Gasteiger charge is 2.23. The Hall–Kier alpha value is -2.34. The van der Waals surface area contributed by atoms with Gasteiger partial charge in [0.1, 0.15) is 11.3 Å². The maximum atomic E-state index is 13.2. The quantitative estimate of drug-likeness (QED) is 0.603. The van der Waals surface area contributed by atoms with E-state index in [-0.39, 0.29) is 17.6 Å². The number of rotatable bonds is 4. The van der Waals surface area contributed by atoms with Crippen LogP contribution in [-0.2, 0) is 4.79 Å². The minimum absolute atomic E-state index is 0.0938. The molecule has 0 spiro atoms. The van der Waals surface area contributed by atoms with Crippen LogP contribution < -0.4 is 0 Å². The highest BCUT2D eigenvalue weighted by atomic mass is 32.2. The van der Waals surface area contributed by atoms with Crippen LogP contribution in [0.2, 0.25) is 0 Å². The second kappa shape index (κ2) is 8.13. The standard InChI is InChI=1S/C21H21FN2O2S/c22-17-10-8-15(9-11-17)16-5-3-4-12-24(13-16)20(25)14-27-21-23-18-6-1-2-7-19(18)26-21/h1-2,6-11,16H,3-5,12-14H2/t16-/m0/s1. The van der Waals surface area contributed by atoms with Crippen molar-refractivity contribution in [1.29, 1.82) is 0 Å². The fourth-order valence-electron chi connectivity index (χ4n) is 3.50. The number of nitrogens with zero attached hydrogens (tertiary/aromatic N) is 2. The molecule has 0 aliphatic carbocycles. The third-order valence-corrected chi connectivity index (χ3v) is 5.77. The molecule has 3 aromatic rings. The highest BCUT2D eigenvalue weighted by molar-refractivity contribution is 7.99. The van der Waals surface area contributed by atoms with E-state index in [1.807, 2.05) is 41.3 Å². The molecular weight excluding hydrogens is 363 g/mol.